The number of nitrogens with zero attached hydrogens (tertiary/aromatic N) is 2. The highest BCUT2D eigenvalue weighted by Crippen LogP contribution is 2.16. The Hall–Kier alpha value is -2.05. The minimum atomic E-state index is -1.45. The van der Waals surface area contributed by atoms with E-state index in [0.717, 1.165) is 0 Å². The Kier molecular flexibility index (Phi) is 1.70. The van der Waals surface area contributed by atoms with Crippen LogP contribution in [0.4, 0.5) is 11.4 Å². The van der Waals surface area contributed by atoms with Gasteiger partial charge in [-0.15, -0.1) is 9.81 Å². The molecule has 0 amide bonds. The van der Waals surface area contributed by atoms with Gasteiger partial charge in [-0.2, -0.15) is 0 Å². The minimum absolute atomic E-state index is 1.000. The zero-order chi connectivity index (χ0) is 9.30. The molecule has 0 saturated heterocycles. The van der Waals surface area contributed by atoms with Crippen molar-refractivity contribution in [3.63, 3.8) is 0 Å². The molecular weight excluding hydrogens is 168 g/mol. The van der Waals surface area contributed by atoms with Gasteiger partial charge in [0.25, 0.3) is 16.3 Å². The summed E-state index contributed by atoms with van der Waals surface area (Å²) < 4.78 is 0. The summed E-state index contributed by atoms with van der Waals surface area (Å²) in [7, 11) is 0. The third kappa shape index (κ3) is 0.797. The zero-order valence-electron chi connectivity index (χ0n) is 5.44. The Morgan fingerprint density at radius 1 is 0.667 bits per heavy atom. The van der Waals surface area contributed by atoms with Crippen LogP contribution in [0.5, 0.6) is 0 Å². The summed E-state index contributed by atoms with van der Waals surface area (Å²) in [5.41, 5.74) is -6.19. The van der Waals surface area contributed by atoms with Gasteiger partial charge >= 0.3 is 0 Å². The molecule has 0 atom stereocenters. The van der Waals surface area contributed by atoms with Gasteiger partial charge in [-0.25, -0.2) is 0 Å². The van der Waals surface area contributed by atoms with E-state index < -0.39 is 27.7 Å². The summed E-state index contributed by atoms with van der Waals surface area (Å²) in [6.45, 7) is 0. The van der Waals surface area contributed by atoms with Gasteiger partial charge < -0.3 is 0 Å². The van der Waals surface area contributed by atoms with E-state index >= 15 is 0 Å². The van der Waals surface area contributed by atoms with E-state index in [9.17, 15) is 24.2 Å². The van der Waals surface area contributed by atoms with Crippen LogP contribution in [0.25, 0.3) is 0 Å². The van der Waals surface area contributed by atoms with Crippen LogP contribution < -0.4 is 16.3 Å². The Labute approximate surface area is 63.3 Å². The normalized spacial score (nSPS) is 9.67. The van der Waals surface area contributed by atoms with E-state index in [4.69, 9.17) is 0 Å². The first-order chi connectivity index (χ1) is 5.63. The lowest BCUT2D eigenvalue weighted by Crippen LogP contribution is -2.29. The minimum Gasteiger partial charge on any atom is -0.283 e. The Morgan fingerprint density at radius 3 is 1.25 bits per heavy atom. The Balaban J connectivity index is 3.92. The number of hydrogen-bond acceptors (Lipinski definition) is 7. The molecular formula is C5N2O5. The molecule has 1 rings (SSSR count). The van der Waals surface area contributed by atoms with E-state index in [2.05, 4.69) is 10.4 Å². The second-order valence-electron chi connectivity index (χ2n) is 1.87. The Bertz CT molecular complexity index is 439. The third-order valence-corrected chi connectivity index (χ3v) is 1.25. The molecule has 0 aliphatic carbocycles. The van der Waals surface area contributed by atoms with Gasteiger partial charge in [0.15, 0.2) is 11.4 Å². The van der Waals surface area contributed by atoms with Crippen LogP contribution in [-0.2, 0) is 0 Å². The third-order valence-electron chi connectivity index (χ3n) is 1.25. The lowest BCUT2D eigenvalue weighted by Gasteiger charge is -1.74. The topological polar surface area (TPSA) is 110 Å². The lowest BCUT2D eigenvalue weighted by atomic mass is 10.5. The van der Waals surface area contributed by atoms with E-state index in [0.29, 0.717) is 0 Å². The fourth-order valence-corrected chi connectivity index (χ4v) is 0.703. The molecule has 0 N–H and O–H groups in total. The van der Waals surface area contributed by atoms with Gasteiger partial charge in [-0.1, -0.05) is 0 Å². The van der Waals surface area contributed by atoms with Crippen molar-refractivity contribution in [2.75, 3.05) is 0 Å². The van der Waals surface area contributed by atoms with Gasteiger partial charge in [0.2, 0.25) is 0 Å². The summed E-state index contributed by atoms with van der Waals surface area (Å²) in [6.07, 6.45) is 0. The molecule has 12 heavy (non-hydrogen) atoms. The van der Waals surface area contributed by atoms with Gasteiger partial charge in [0.05, 0.1) is 0 Å². The van der Waals surface area contributed by atoms with Crippen molar-refractivity contribution in [1.82, 2.24) is 0 Å². The number of rotatable bonds is 2. The molecule has 0 aliphatic heterocycles. The van der Waals surface area contributed by atoms with Crippen molar-refractivity contribution in [1.29, 1.82) is 0 Å². The fraction of sp³-hybridized carbons (Fsp3) is 0. The highest BCUT2D eigenvalue weighted by Gasteiger charge is 2.20. The molecule has 0 aromatic heterocycles. The van der Waals surface area contributed by atoms with Crippen LogP contribution in [0.3, 0.4) is 0 Å². The maximum absolute atomic E-state index is 10.6. The molecule has 0 bridgehead atoms. The van der Waals surface area contributed by atoms with Crippen LogP contribution in [-0.4, -0.2) is 0 Å². The fourth-order valence-electron chi connectivity index (χ4n) is 0.703. The van der Waals surface area contributed by atoms with Crippen LogP contribution in [0.2, 0.25) is 0 Å². The average Bonchev–Trinajstić information content (AvgIpc) is 2.29. The highest BCUT2D eigenvalue weighted by atomic mass is 16.3. The second-order valence-corrected chi connectivity index (χ2v) is 1.87. The van der Waals surface area contributed by atoms with E-state index in [-0.39, 0.29) is 0 Å². The molecule has 1 aromatic carbocycles. The largest absolute Gasteiger partial charge is 0.283 e. The van der Waals surface area contributed by atoms with Crippen molar-refractivity contribution in [2.24, 2.45) is 10.4 Å². The summed E-state index contributed by atoms with van der Waals surface area (Å²) >= 11 is 0. The molecule has 1 aromatic rings. The maximum atomic E-state index is 10.6. The molecule has 0 radical (unpaired) electrons. The summed E-state index contributed by atoms with van der Waals surface area (Å²) in [5.74, 6) is 0. The monoisotopic (exact) mass is 168 g/mol. The first-order valence-electron chi connectivity index (χ1n) is 2.67. The summed E-state index contributed by atoms with van der Waals surface area (Å²) in [4.78, 5) is 51.4. The zero-order valence-corrected chi connectivity index (χ0v) is 5.44. The highest BCUT2D eigenvalue weighted by molar-refractivity contribution is 5.62. The molecule has 0 unspecified atom stereocenters. The first kappa shape index (κ1) is 8.05. The molecule has 0 aliphatic rings. The standard InChI is InChI=1S/C5N2O5/c8-3-1(6-11)2(7-12)4(9)5(3)10. The molecule has 7 heteroatoms. The van der Waals surface area contributed by atoms with Crippen LogP contribution in [0, 0.1) is 9.81 Å². The van der Waals surface area contributed by atoms with Crippen LogP contribution >= 0.6 is 0 Å². The van der Waals surface area contributed by atoms with E-state index in [1.807, 2.05) is 0 Å². The molecule has 0 heterocycles. The van der Waals surface area contributed by atoms with Crippen molar-refractivity contribution >= 4 is 11.4 Å². The average molecular weight is 168 g/mol. The first-order valence-corrected chi connectivity index (χ1v) is 2.67. The van der Waals surface area contributed by atoms with Crippen molar-refractivity contribution in [2.45, 2.75) is 0 Å². The number of nitroso groups, excluding NO2 is 2. The van der Waals surface area contributed by atoms with Gasteiger partial charge in [0.1, 0.15) is 0 Å². The predicted molar refractivity (Wildman–Crippen MR) is 38.5 cm³/mol. The number of hydrogen-bond donors (Lipinski definition) is 0. The van der Waals surface area contributed by atoms with Gasteiger partial charge in [-0.05, 0) is 10.4 Å². The smallest absolute Gasteiger partial charge is 0.277 e. The molecule has 60 valence electrons. The van der Waals surface area contributed by atoms with Crippen molar-refractivity contribution in [3.8, 4) is 0 Å². The van der Waals surface area contributed by atoms with Crippen molar-refractivity contribution < 1.29 is 0 Å². The lowest BCUT2D eigenvalue weighted by molar-refractivity contribution is 1.43. The molecule has 0 spiro atoms. The van der Waals surface area contributed by atoms with Gasteiger partial charge in [-0.3, -0.25) is 14.4 Å². The van der Waals surface area contributed by atoms with E-state index in [1.54, 1.807) is 0 Å². The van der Waals surface area contributed by atoms with Crippen LogP contribution in [0.1, 0.15) is 0 Å². The van der Waals surface area contributed by atoms with Crippen LogP contribution in [0.15, 0.2) is 24.7 Å². The SMILES string of the molecule is O=Nc1c(N=O)c(=O)c(=O)c1=O. The summed E-state index contributed by atoms with van der Waals surface area (Å²) in [6, 6.07) is 0. The predicted octanol–water partition coefficient (Wildman–Crippen LogP) is -0.561. The van der Waals surface area contributed by atoms with Crippen molar-refractivity contribution in [3.05, 3.63) is 40.5 Å². The Morgan fingerprint density at radius 2 is 1.00 bits per heavy atom. The van der Waals surface area contributed by atoms with E-state index in [1.165, 1.54) is 0 Å². The second kappa shape index (κ2) is 2.53. The van der Waals surface area contributed by atoms with Gasteiger partial charge in [0, 0.05) is 0 Å². The molecule has 0 fully saturated rings. The molecule has 7 nitrogen and oxygen atoms in total. The summed E-state index contributed by atoms with van der Waals surface area (Å²) in [5, 5.41) is 4.13. The maximum Gasteiger partial charge on any atom is 0.277 e. The quantitative estimate of drug-likeness (QED) is 0.434. The molecule has 0 saturated carbocycles.